The predicted octanol–water partition coefficient (Wildman–Crippen LogP) is 3.75. The Hall–Kier alpha value is -3.12. The Kier molecular flexibility index (Phi) is 3.97. The van der Waals surface area contributed by atoms with Crippen LogP contribution in [0.3, 0.4) is 0 Å². The van der Waals surface area contributed by atoms with Crippen LogP contribution in [0.4, 0.5) is 0 Å². The van der Waals surface area contributed by atoms with Crippen LogP contribution < -0.4 is 10.3 Å². The highest BCUT2D eigenvalue weighted by atomic mass is 35.5. The van der Waals surface area contributed by atoms with Gasteiger partial charge >= 0.3 is 0 Å². The molecular formula is C19H15ClN4O2. The second kappa shape index (κ2) is 6.31. The van der Waals surface area contributed by atoms with Crippen molar-refractivity contribution in [2.75, 3.05) is 7.11 Å². The quantitative estimate of drug-likeness (QED) is 0.599. The molecule has 4 rings (SSSR count). The molecule has 130 valence electrons. The first-order valence-corrected chi connectivity index (χ1v) is 8.34. The number of ether oxygens (including phenoxy) is 1. The van der Waals surface area contributed by atoms with E-state index in [2.05, 4.69) is 15.3 Å². The van der Waals surface area contributed by atoms with Crippen molar-refractivity contribution in [1.82, 2.24) is 20.0 Å². The maximum Gasteiger partial charge on any atom is 0.274 e. The molecule has 2 aromatic heterocycles. The molecule has 1 N–H and O–H groups in total. The maximum absolute atomic E-state index is 12.6. The van der Waals surface area contributed by atoms with Gasteiger partial charge in [0.1, 0.15) is 17.1 Å². The summed E-state index contributed by atoms with van der Waals surface area (Å²) in [6.45, 7) is 1.88. The Morgan fingerprint density at radius 2 is 2.04 bits per heavy atom. The molecule has 0 atom stereocenters. The number of aryl methyl sites for hydroxylation is 1. The van der Waals surface area contributed by atoms with E-state index in [0.29, 0.717) is 16.4 Å². The highest BCUT2D eigenvalue weighted by molar-refractivity contribution is 6.30. The molecule has 6 nitrogen and oxygen atoms in total. The van der Waals surface area contributed by atoms with E-state index < -0.39 is 0 Å². The number of aromatic amines is 1. The van der Waals surface area contributed by atoms with Gasteiger partial charge in [-0.3, -0.25) is 4.79 Å². The van der Waals surface area contributed by atoms with Gasteiger partial charge in [-0.15, -0.1) is 5.10 Å². The number of pyridine rings is 1. The Labute approximate surface area is 154 Å². The zero-order valence-corrected chi connectivity index (χ0v) is 14.9. The fourth-order valence-electron chi connectivity index (χ4n) is 2.98. The maximum atomic E-state index is 12.6. The number of halogens is 1. The summed E-state index contributed by atoms with van der Waals surface area (Å²) in [4.78, 5) is 15.5. The number of nitrogens with one attached hydrogen (secondary N) is 1. The monoisotopic (exact) mass is 366 g/mol. The van der Waals surface area contributed by atoms with Crippen LogP contribution in [-0.2, 0) is 0 Å². The van der Waals surface area contributed by atoms with E-state index >= 15 is 0 Å². The third-order valence-electron chi connectivity index (χ3n) is 4.29. The van der Waals surface area contributed by atoms with Crippen LogP contribution in [-0.4, -0.2) is 27.1 Å². The summed E-state index contributed by atoms with van der Waals surface area (Å²) < 4.78 is 6.78. The number of rotatable bonds is 3. The van der Waals surface area contributed by atoms with E-state index in [-0.39, 0.29) is 5.56 Å². The Balaban J connectivity index is 1.88. The van der Waals surface area contributed by atoms with Crippen LogP contribution in [0.25, 0.3) is 27.8 Å². The minimum atomic E-state index is -0.234. The number of fused-ring (bicyclic) bond motifs is 1. The van der Waals surface area contributed by atoms with E-state index in [1.165, 1.54) is 4.68 Å². The number of aromatic nitrogens is 4. The van der Waals surface area contributed by atoms with Crippen LogP contribution >= 0.6 is 11.6 Å². The van der Waals surface area contributed by atoms with Crippen molar-refractivity contribution in [3.63, 3.8) is 0 Å². The van der Waals surface area contributed by atoms with E-state index in [1.54, 1.807) is 25.4 Å². The first kappa shape index (κ1) is 16.4. The van der Waals surface area contributed by atoms with Gasteiger partial charge in [-0.1, -0.05) is 28.9 Å². The Morgan fingerprint density at radius 3 is 2.81 bits per heavy atom. The molecule has 0 unspecified atom stereocenters. The topological polar surface area (TPSA) is 72.8 Å². The summed E-state index contributed by atoms with van der Waals surface area (Å²) >= 11 is 6.04. The fourth-order valence-corrected chi connectivity index (χ4v) is 3.17. The summed E-state index contributed by atoms with van der Waals surface area (Å²) in [7, 11) is 1.61. The molecule has 0 saturated heterocycles. The molecule has 0 aliphatic heterocycles. The molecule has 2 heterocycles. The molecule has 0 aliphatic rings. The average molecular weight is 367 g/mol. The van der Waals surface area contributed by atoms with Crippen molar-refractivity contribution >= 4 is 22.5 Å². The average Bonchev–Trinajstić information content (AvgIpc) is 3.11. The zero-order chi connectivity index (χ0) is 18.3. The van der Waals surface area contributed by atoms with E-state index in [1.807, 2.05) is 37.3 Å². The van der Waals surface area contributed by atoms with Gasteiger partial charge in [0.25, 0.3) is 5.56 Å². The molecule has 0 fully saturated rings. The summed E-state index contributed by atoms with van der Waals surface area (Å²) in [5, 5.41) is 9.82. The van der Waals surface area contributed by atoms with Gasteiger partial charge in [-0.05, 0) is 42.8 Å². The molecule has 26 heavy (non-hydrogen) atoms. The summed E-state index contributed by atoms with van der Waals surface area (Å²) in [6, 6.07) is 12.9. The molecule has 0 radical (unpaired) electrons. The second-order valence-corrected chi connectivity index (χ2v) is 6.33. The smallest absolute Gasteiger partial charge is 0.274 e. The summed E-state index contributed by atoms with van der Waals surface area (Å²) in [5.41, 5.74) is 3.20. The van der Waals surface area contributed by atoms with Crippen molar-refractivity contribution in [2.24, 2.45) is 0 Å². The van der Waals surface area contributed by atoms with Crippen molar-refractivity contribution in [1.29, 1.82) is 0 Å². The highest BCUT2D eigenvalue weighted by Crippen LogP contribution is 2.25. The normalized spacial score (nSPS) is 11.0. The molecule has 0 saturated carbocycles. The molecule has 0 amide bonds. The van der Waals surface area contributed by atoms with E-state index in [4.69, 9.17) is 16.3 Å². The largest absolute Gasteiger partial charge is 0.497 e. The third kappa shape index (κ3) is 2.74. The van der Waals surface area contributed by atoms with Gasteiger partial charge in [0.15, 0.2) is 0 Å². The first-order valence-electron chi connectivity index (χ1n) is 7.96. The van der Waals surface area contributed by atoms with Crippen molar-refractivity contribution in [2.45, 2.75) is 6.92 Å². The molecule has 0 bridgehead atoms. The lowest BCUT2D eigenvalue weighted by molar-refractivity contribution is 0.415. The number of hydrogen-bond acceptors (Lipinski definition) is 4. The first-order chi connectivity index (χ1) is 12.6. The van der Waals surface area contributed by atoms with Crippen molar-refractivity contribution < 1.29 is 4.74 Å². The minimum absolute atomic E-state index is 0.234. The van der Waals surface area contributed by atoms with Gasteiger partial charge in [0.2, 0.25) is 0 Å². The number of methoxy groups -OCH3 is 1. The standard InChI is InChI=1S/C19H15ClN4O2/c1-11-15-9-14(26-2)6-7-16(15)21-19(25)18(11)24-10-17(22-23-24)12-4-3-5-13(20)8-12/h3-10H,1-2H3,(H,21,25). The lowest BCUT2D eigenvalue weighted by Crippen LogP contribution is -2.17. The predicted molar refractivity (Wildman–Crippen MR) is 101 cm³/mol. The minimum Gasteiger partial charge on any atom is -0.497 e. The lowest BCUT2D eigenvalue weighted by atomic mass is 10.1. The Morgan fingerprint density at radius 1 is 1.19 bits per heavy atom. The lowest BCUT2D eigenvalue weighted by Gasteiger charge is -2.09. The van der Waals surface area contributed by atoms with Gasteiger partial charge in [-0.2, -0.15) is 0 Å². The third-order valence-corrected chi connectivity index (χ3v) is 4.53. The number of benzene rings is 2. The number of H-pyrrole nitrogens is 1. The van der Waals surface area contributed by atoms with Gasteiger partial charge in [-0.25, -0.2) is 4.68 Å². The molecule has 0 spiro atoms. The van der Waals surface area contributed by atoms with Gasteiger partial charge in [0.05, 0.1) is 13.3 Å². The fraction of sp³-hybridized carbons (Fsp3) is 0.105. The number of nitrogens with zero attached hydrogens (tertiary/aromatic N) is 3. The highest BCUT2D eigenvalue weighted by Gasteiger charge is 2.14. The molecular weight excluding hydrogens is 352 g/mol. The SMILES string of the molecule is COc1ccc2[nH]c(=O)c(-n3cc(-c4cccc(Cl)c4)nn3)c(C)c2c1. The molecule has 7 heteroatoms. The summed E-state index contributed by atoms with van der Waals surface area (Å²) in [6.07, 6.45) is 1.72. The molecule has 4 aromatic rings. The van der Waals surface area contributed by atoms with E-state index in [9.17, 15) is 4.79 Å². The van der Waals surface area contributed by atoms with Crippen LogP contribution in [0.1, 0.15) is 5.56 Å². The van der Waals surface area contributed by atoms with Crippen LogP contribution in [0.2, 0.25) is 5.02 Å². The van der Waals surface area contributed by atoms with Gasteiger partial charge in [0, 0.05) is 21.5 Å². The van der Waals surface area contributed by atoms with Crippen molar-refractivity contribution in [3.8, 4) is 22.7 Å². The number of hydrogen-bond donors (Lipinski definition) is 1. The second-order valence-electron chi connectivity index (χ2n) is 5.90. The van der Waals surface area contributed by atoms with E-state index in [0.717, 1.165) is 27.8 Å². The van der Waals surface area contributed by atoms with Crippen LogP contribution in [0, 0.1) is 6.92 Å². The molecule has 0 aliphatic carbocycles. The van der Waals surface area contributed by atoms with Crippen LogP contribution in [0.15, 0.2) is 53.5 Å². The summed E-state index contributed by atoms with van der Waals surface area (Å²) in [5.74, 6) is 0.719. The Bertz CT molecular complexity index is 1180. The van der Waals surface area contributed by atoms with Crippen LogP contribution in [0.5, 0.6) is 5.75 Å². The molecule has 2 aromatic carbocycles. The zero-order valence-electron chi connectivity index (χ0n) is 14.2. The van der Waals surface area contributed by atoms with Gasteiger partial charge < -0.3 is 9.72 Å². The van der Waals surface area contributed by atoms with Crippen molar-refractivity contribution in [3.05, 3.63) is 69.6 Å².